The number of carbonyl (C=O) groups excluding carboxylic acids is 3. The first kappa shape index (κ1) is 23.9. The average molecular weight is 514 g/mol. The molecule has 4 rings (SSSR count). The van der Waals surface area contributed by atoms with Crippen molar-refractivity contribution in [3.63, 3.8) is 0 Å². The highest BCUT2D eigenvalue weighted by molar-refractivity contribution is 8.18. The Morgan fingerprint density at radius 2 is 1.76 bits per heavy atom. The van der Waals surface area contributed by atoms with Gasteiger partial charge >= 0.3 is 5.97 Å². The molecular weight excluding hydrogens is 497 g/mol. The molecule has 0 N–H and O–H groups in total. The van der Waals surface area contributed by atoms with Gasteiger partial charge in [0.05, 0.1) is 24.1 Å². The maximum absolute atomic E-state index is 12.9. The second kappa shape index (κ2) is 10.3. The summed E-state index contributed by atoms with van der Waals surface area (Å²) >= 11 is 12.9. The summed E-state index contributed by atoms with van der Waals surface area (Å²) in [6.45, 7) is 0.0392. The van der Waals surface area contributed by atoms with E-state index in [0.717, 1.165) is 16.7 Å². The molecule has 172 valence electrons. The summed E-state index contributed by atoms with van der Waals surface area (Å²) in [7, 11) is 1.54. The Kier molecular flexibility index (Phi) is 7.26. The van der Waals surface area contributed by atoms with Gasteiger partial charge in [0.2, 0.25) is 0 Å². The van der Waals surface area contributed by atoms with Gasteiger partial charge in [0.15, 0.2) is 0 Å². The standard InChI is InChI=1S/C25H17Cl2NO5S/c1-32-19-9-6-16(7-10-19)24(30)33-20-4-2-3-15(11-20)12-22-23(29)28(25(31)34-22)14-17-5-8-18(26)13-21(17)27/h2-13H,14H2,1H3/b22-12-. The number of ether oxygens (including phenoxy) is 2. The lowest BCUT2D eigenvalue weighted by atomic mass is 10.2. The predicted octanol–water partition coefficient (Wildman–Crippen LogP) is 6.46. The largest absolute Gasteiger partial charge is 0.497 e. The van der Waals surface area contributed by atoms with Crippen molar-refractivity contribution in [2.24, 2.45) is 0 Å². The first-order chi connectivity index (χ1) is 16.3. The quantitative estimate of drug-likeness (QED) is 0.214. The second-order valence-electron chi connectivity index (χ2n) is 7.19. The van der Waals surface area contributed by atoms with Gasteiger partial charge in [-0.05, 0) is 77.5 Å². The van der Waals surface area contributed by atoms with E-state index in [1.54, 1.807) is 79.9 Å². The highest BCUT2D eigenvalue weighted by atomic mass is 35.5. The van der Waals surface area contributed by atoms with Crippen molar-refractivity contribution in [3.8, 4) is 11.5 Å². The van der Waals surface area contributed by atoms with E-state index in [9.17, 15) is 14.4 Å². The number of nitrogens with zero attached hydrogens (tertiary/aromatic N) is 1. The van der Waals surface area contributed by atoms with Crippen LogP contribution in [0.1, 0.15) is 21.5 Å². The maximum Gasteiger partial charge on any atom is 0.343 e. The Hall–Kier alpha value is -3.26. The van der Waals surface area contributed by atoms with E-state index in [1.165, 1.54) is 0 Å². The first-order valence-electron chi connectivity index (χ1n) is 9.99. The SMILES string of the molecule is COc1ccc(C(=O)Oc2cccc(/C=C3\SC(=O)N(Cc4ccc(Cl)cc4Cl)C3=O)c2)cc1. The molecule has 3 aromatic rings. The minimum Gasteiger partial charge on any atom is -0.497 e. The van der Waals surface area contributed by atoms with Gasteiger partial charge in [-0.2, -0.15) is 0 Å². The molecule has 0 radical (unpaired) electrons. The molecule has 0 saturated carbocycles. The number of hydrogen-bond donors (Lipinski definition) is 0. The topological polar surface area (TPSA) is 72.9 Å². The molecule has 0 aliphatic carbocycles. The van der Waals surface area contributed by atoms with Gasteiger partial charge < -0.3 is 9.47 Å². The third-order valence-corrected chi connectivity index (χ3v) is 6.40. The van der Waals surface area contributed by atoms with E-state index in [1.807, 2.05) is 0 Å². The fourth-order valence-corrected chi connectivity index (χ4v) is 4.48. The number of imide groups is 1. The minimum atomic E-state index is -0.528. The Labute approximate surface area is 210 Å². The van der Waals surface area contributed by atoms with Crippen molar-refractivity contribution in [2.45, 2.75) is 6.54 Å². The Morgan fingerprint density at radius 3 is 2.47 bits per heavy atom. The smallest absolute Gasteiger partial charge is 0.343 e. The van der Waals surface area contributed by atoms with Crippen LogP contribution in [0.5, 0.6) is 11.5 Å². The number of hydrogen-bond acceptors (Lipinski definition) is 6. The molecule has 0 bridgehead atoms. The van der Waals surface area contributed by atoms with Crippen molar-refractivity contribution in [2.75, 3.05) is 7.11 Å². The van der Waals surface area contributed by atoms with Gasteiger partial charge in [0.1, 0.15) is 11.5 Å². The van der Waals surface area contributed by atoms with Crippen LogP contribution < -0.4 is 9.47 Å². The van der Waals surface area contributed by atoms with Gasteiger partial charge in [-0.15, -0.1) is 0 Å². The lowest BCUT2D eigenvalue weighted by Gasteiger charge is -2.13. The summed E-state index contributed by atoms with van der Waals surface area (Å²) in [5, 5.41) is 0.446. The molecule has 0 aromatic heterocycles. The van der Waals surface area contributed by atoms with E-state index in [4.69, 9.17) is 32.7 Å². The minimum absolute atomic E-state index is 0.0392. The molecule has 1 fully saturated rings. The summed E-state index contributed by atoms with van der Waals surface area (Å²) in [5.41, 5.74) is 1.59. The van der Waals surface area contributed by atoms with Gasteiger partial charge in [0, 0.05) is 10.0 Å². The molecule has 6 nitrogen and oxygen atoms in total. The normalized spacial score (nSPS) is 14.6. The molecule has 2 amide bonds. The molecule has 3 aromatic carbocycles. The molecule has 0 unspecified atom stereocenters. The second-order valence-corrected chi connectivity index (χ2v) is 9.03. The van der Waals surface area contributed by atoms with Crippen LogP contribution in [0.15, 0.2) is 71.6 Å². The fourth-order valence-electron chi connectivity index (χ4n) is 3.17. The molecule has 34 heavy (non-hydrogen) atoms. The molecule has 1 saturated heterocycles. The van der Waals surface area contributed by atoms with Gasteiger partial charge in [-0.3, -0.25) is 14.5 Å². The zero-order valence-electron chi connectivity index (χ0n) is 17.8. The first-order valence-corrected chi connectivity index (χ1v) is 11.6. The van der Waals surface area contributed by atoms with Crippen LogP contribution in [-0.2, 0) is 11.3 Å². The number of halogens is 2. The van der Waals surface area contributed by atoms with E-state index >= 15 is 0 Å². The number of thioether (sulfide) groups is 1. The van der Waals surface area contributed by atoms with Crippen molar-refractivity contribution in [1.29, 1.82) is 0 Å². The Balaban J connectivity index is 1.48. The highest BCUT2D eigenvalue weighted by Crippen LogP contribution is 2.35. The molecular formula is C25H17Cl2NO5S. The lowest BCUT2D eigenvalue weighted by molar-refractivity contribution is -0.123. The van der Waals surface area contributed by atoms with Crippen molar-refractivity contribution >= 4 is 58.2 Å². The van der Waals surface area contributed by atoms with Crippen LogP contribution in [0.25, 0.3) is 6.08 Å². The number of methoxy groups -OCH3 is 1. The Bertz CT molecular complexity index is 1310. The number of benzene rings is 3. The van der Waals surface area contributed by atoms with Gasteiger partial charge in [-0.25, -0.2) is 4.79 Å². The van der Waals surface area contributed by atoms with E-state index in [-0.39, 0.29) is 11.4 Å². The van der Waals surface area contributed by atoms with Crippen LogP contribution in [0.2, 0.25) is 10.0 Å². The van der Waals surface area contributed by atoms with Crippen LogP contribution in [-0.4, -0.2) is 29.1 Å². The van der Waals surface area contributed by atoms with Crippen LogP contribution >= 0.6 is 35.0 Å². The number of esters is 1. The molecule has 0 atom stereocenters. The predicted molar refractivity (Wildman–Crippen MR) is 132 cm³/mol. The maximum atomic E-state index is 12.9. The molecule has 1 heterocycles. The zero-order valence-corrected chi connectivity index (χ0v) is 20.1. The fraction of sp³-hybridized carbons (Fsp3) is 0.0800. The van der Waals surface area contributed by atoms with Crippen molar-refractivity contribution < 1.29 is 23.9 Å². The van der Waals surface area contributed by atoms with Gasteiger partial charge in [0.25, 0.3) is 11.1 Å². The third-order valence-electron chi connectivity index (χ3n) is 4.91. The molecule has 1 aliphatic rings. The van der Waals surface area contributed by atoms with Gasteiger partial charge in [-0.1, -0.05) is 41.4 Å². The third kappa shape index (κ3) is 5.44. The van der Waals surface area contributed by atoms with Crippen LogP contribution in [0, 0.1) is 0 Å². The summed E-state index contributed by atoms with van der Waals surface area (Å²) < 4.78 is 10.5. The summed E-state index contributed by atoms with van der Waals surface area (Å²) in [6, 6.07) is 18.1. The van der Waals surface area contributed by atoms with Crippen LogP contribution in [0.3, 0.4) is 0 Å². The number of carbonyl (C=O) groups is 3. The summed E-state index contributed by atoms with van der Waals surface area (Å²) in [5.74, 6) is -0.0193. The van der Waals surface area contributed by atoms with E-state index < -0.39 is 17.1 Å². The molecule has 1 aliphatic heterocycles. The lowest BCUT2D eigenvalue weighted by Crippen LogP contribution is -2.27. The summed E-state index contributed by atoms with van der Waals surface area (Å²) in [4.78, 5) is 39.1. The monoisotopic (exact) mass is 513 g/mol. The van der Waals surface area contributed by atoms with Crippen molar-refractivity contribution in [3.05, 3.63) is 98.4 Å². The molecule has 9 heteroatoms. The zero-order chi connectivity index (χ0) is 24.2. The number of rotatable bonds is 6. The average Bonchev–Trinajstić information content (AvgIpc) is 3.08. The summed E-state index contributed by atoms with van der Waals surface area (Å²) in [6.07, 6.45) is 1.58. The van der Waals surface area contributed by atoms with E-state index in [0.29, 0.717) is 38.2 Å². The molecule has 0 spiro atoms. The highest BCUT2D eigenvalue weighted by Gasteiger charge is 2.35. The Morgan fingerprint density at radius 1 is 1.00 bits per heavy atom. The van der Waals surface area contributed by atoms with Crippen LogP contribution in [0.4, 0.5) is 4.79 Å². The van der Waals surface area contributed by atoms with E-state index in [2.05, 4.69) is 0 Å². The van der Waals surface area contributed by atoms with Crippen molar-refractivity contribution in [1.82, 2.24) is 4.90 Å². The number of amides is 2.